The van der Waals surface area contributed by atoms with Crippen LogP contribution in [0, 0.1) is 6.92 Å². The van der Waals surface area contributed by atoms with Gasteiger partial charge in [-0.25, -0.2) is 18.2 Å². The van der Waals surface area contributed by atoms with E-state index in [1.165, 1.54) is 7.11 Å². The first-order chi connectivity index (χ1) is 21.8. The Hall–Kier alpha value is -4.64. The van der Waals surface area contributed by atoms with Gasteiger partial charge >= 0.3 is 12.1 Å². The molecular formula is C30H37F3N6O7S. The van der Waals surface area contributed by atoms with Crippen LogP contribution >= 0.6 is 0 Å². The van der Waals surface area contributed by atoms with Crippen LogP contribution in [0.25, 0.3) is 0 Å². The fourth-order valence-corrected chi connectivity index (χ4v) is 4.77. The highest BCUT2D eigenvalue weighted by Crippen LogP contribution is 2.39. The number of amides is 1. The molecule has 0 unspecified atom stereocenters. The summed E-state index contributed by atoms with van der Waals surface area (Å²) >= 11 is 0. The van der Waals surface area contributed by atoms with Crippen molar-refractivity contribution in [3.8, 4) is 17.4 Å². The molecule has 0 saturated carbocycles. The van der Waals surface area contributed by atoms with Crippen LogP contribution in [0.5, 0.6) is 17.4 Å². The normalized spacial score (nSPS) is 13.6. The first-order valence-electron chi connectivity index (χ1n) is 14.2. The molecule has 17 heteroatoms. The van der Waals surface area contributed by atoms with Crippen molar-refractivity contribution in [2.24, 2.45) is 0 Å². The molecule has 1 amide bonds. The minimum Gasteiger partial charge on any atom is -0.492 e. The number of methoxy groups -OCH3 is 1. The molecule has 47 heavy (non-hydrogen) atoms. The molecule has 0 radical (unpaired) electrons. The Labute approximate surface area is 270 Å². The smallest absolute Gasteiger partial charge is 0.490 e. The number of nitrogens with zero attached hydrogens (tertiary/aromatic N) is 3. The third-order valence-corrected chi connectivity index (χ3v) is 7.22. The lowest BCUT2D eigenvalue weighted by atomic mass is 9.86. The summed E-state index contributed by atoms with van der Waals surface area (Å²) in [6.45, 7) is 11.2. The molecule has 0 bridgehead atoms. The number of halogens is 3. The van der Waals surface area contributed by atoms with Crippen LogP contribution in [0.2, 0.25) is 0 Å². The molecule has 0 atom stereocenters. The lowest BCUT2D eigenvalue weighted by Gasteiger charge is -2.27. The number of carboxylic acids is 1. The van der Waals surface area contributed by atoms with Gasteiger partial charge in [-0.1, -0.05) is 26.8 Å². The summed E-state index contributed by atoms with van der Waals surface area (Å²) < 4.78 is 69.9. The molecular weight excluding hydrogens is 645 g/mol. The van der Waals surface area contributed by atoms with Crippen LogP contribution in [0.15, 0.2) is 42.6 Å². The SMILES string of the molecule is COc1c(NC(=O)c2ccc(C)c(Oc3ccnc(N4CCNCC4)n3)c2)cc(C(C)(C)C)cc1NS(C)(=O)=O.O=C(O)C(F)(F)F. The van der Waals surface area contributed by atoms with Crippen molar-refractivity contribution >= 4 is 39.2 Å². The molecule has 13 nitrogen and oxygen atoms in total. The van der Waals surface area contributed by atoms with Crippen LogP contribution in [-0.2, 0) is 20.2 Å². The number of carbonyl (C=O) groups excluding carboxylic acids is 1. The predicted molar refractivity (Wildman–Crippen MR) is 170 cm³/mol. The van der Waals surface area contributed by atoms with E-state index >= 15 is 0 Å². The highest BCUT2D eigenvalue weighted by atomic mass is 32.2. The van der Waals surface area contributed by atoms with E-state index in [2.05, 4.69) is 30.2 Å². The molecule has 0 aliphatic carbocycles. The van der Waals surface area contributed by atoms with Gasteiger partial charge in [-0.3, -0.25) is 9.52 Å². The van der Waals surface area contributed by atoms with Crippen molar-refractivity contribution in [3.05, 3.63) is 59.3 Å². The molecule has 4 N–H and O–H groups in total. The summed E-state index contributed by atoms with van der Waals surface area (Å²) in [5, 5.41) is 13.3. The number of benzene rings is 2. The maximum absolute atomic E-state index is 13.4. The second-order valence-corrected chi connectivity index (χ2v) is 13.2. The summed E-state index contributed by atoms with van der Waals surface area (Å²) in [6, 6.07) is 10.3. The summed E-state index contributed by atoms with van der Waals surface area (Å²) in [6.07, 6.45) is -2.37. The molecule has 3 aromatic rings. The fraction of sp³-hybridized carbons (Fsp3) is 0.400. The zero-order valence-corrected chi connectivity index (χ0v) is 27.5. The molecule has 2 heterocycles. The fourth-order valence-electron chi connectivity index (χ4n) is 4.22. The standard InChI is InChI=1S/C28H36N6O5S.C2HF3O2/c1-18-7-8-19(15-23(18)39-24-9-10-30-27(32-24)34-13-11-29-12-14-34)26(35)31-21-16-20(28(2,3)4)17-22(25(21)38-5)33-40(6,36)37;3-2(4,5)1(6)7/h7-10,15-17,29,33H,11-14H2,1-6H3,(H,31,35);(H,6,7). The zero-order chi connectivity index (χ0) is 35.2. The molecule has 1 saturated heterocycles. The second kappa shape index (κ2) is 14.8. The van der Waals surface area contributed by atoms with Crippen LogP contribution in [0.1, 0.15) is 42.3 Å². The maximum atomic E-state index is 13.4. The Morgan fingerprint density at radius 1 is 1.04 bits per heavy atom. The lowest BCUT2D eigenvalue weighted by molar-refractivity contribution is -0.192. The van der Waals surface area contributed by atoms with Gasteiger partial charge < -0.3 is 30.1 Å². The number of aryl methyl sites for hydroxylation is 1. The van der Waals surface area contributed by atoms with E-state index in [1.54, 1.807) is 42.6 Å². The van der Waals surface area contributed by atoms with Crippen LogP contribution < -0.4 is 29.7 Å². The maximum Gasteiger partial charge on any atom is 0.490 e. The first-order valence-corrected chi connectivity index (χ1v) is 16.1. The van der Waals surface area contributed by atoms with Gasteiger partial charge in [0.15, 0.2) is 5.75 Å². The molecule has 4 rings (SSSR count). The highest BCUT2D eigenvalue weighted by Gasteiger charge is 2.38. The van der Waals surface area contributed by atoms with Crippen molar-refractivity contribution < 1.29 is 45.8 Å². The van der Waals surface area contributed by atoms with Crippen LogP contribution in [0.3, 0.4) is 0 Å². The van der Waals surface area contributed by atoms with Gasteiger partial charge in [-0.05, 0) is 47.7 Å². The van der Waals surface area contributed by atoms with Crippen LogP contribution in [0.4, 0.5) is 30.5 Å². The number of carboxylic acid groups (broad SMARTS) is 1. The van der Waals surface area contributed by atoms with E-state index in [0.717, 1.165) is 43.6 Å². The molecule has 2 aromatic carbocycles. The van der Waals surface area contributed by atoms with Gasteiger partial charge in [0.25, 0.3) is 5.91 Å². The number of carbonyl (C=O) groups is 2. The predicted octanol–water partition coefficient (Wildman–Crippen LogP) is 4.55. The van der Waals surface area contributed by atoms with Crippen LogP contribution in [-0.4, -0.2) is 81.1 Å². The molecule has 1 fully saturated rings. The Bertz CT molecular complexity index is 1710. The van der Waals surface area contributed by atoms with Crippen molar-refractivity contribution in [1.29, 1.82) is 0 Å². The lowest BCUT2D eigenvalue weighted by Crippen LogP contribution is -2.44. The third-order valence-electron chi connectivity index (χ3n) is 6.63. The van der Waals surface area contributed by atoms with Gasteiger partial charge in [0, 0.05) is 44.0 Å². The number of sulfonamides is 1. The minimum absolute atomic E-state index is 0.205. The van der Waals surface area contributed by atoms with Gasteiger partial charge in [0.1, 0.15) is 5.75 Å². The van der Waals surface area contributed by atoms with Crippen molar-refractivity contribution in [3.63, 3.8) is 0 Å². The van der Waals surface area contributed by atoms with Gasteiger partial charge in [0.2, 0.25) is 21.9 Å². The number of aromatic nitrogens is 2. The van der Waals surface area contributed by atoms with Crippen molar-refractivity contribution in [1.82, 2.24) is 15.3 Å². The van der Waals surface area contributed by atoms with Gasteiger partial charge in [0.05, 0.1) is 24.7 Å². The average molecular weight is 683 g/mol. The summed E-state index contributed by atoms with van der Waals surface area (Å²) in [5.41, 5.74) is 2.23. The largest absolute Gasteiger partial charge is 0.492 e. The van der Waals surface area contributed by atoms with E-state index in [9.17, 15) is 26.4 Å². The third kappa shape index (κ3) is 10.7. The number of nitrogens with one attached hydrogen (secondary N) is 3. The second-order valence-electron chi connectivity index (χ2n) is 11.5. The summed E-state index contributed by atoms with van der Waals surface area (Å²) in [4.78, 5) is 33.3. The molecule has 1 aliphatic heterocycles. The first kappa shape index (κ1) is 36.8. The number of aliphatic carboxylic acids is 1. The Morgan fingerprint density at radius 2 is 1.66 bits per heavy atom. The van der Waals surface area contributed by atoms with Gasteiger partial charge in [-0.2, -0.15) is 18.2 Å². The van der Waals surface area contributed by atoms with E-state index in [4.69, 9.17) is 19.4 Å². The number of rotatable bonds is 8. The summed E-state index contributed by atoms with van der Waals surface area (Å²) in [5.74, 6) is -1.52. The van der Waals surface area contributed by atoms with E-state index in [0.29, 0.717) is 28.8 Å². The highest BCUT2D eigenvalue weighted by molar-refractivity contribution is 7.92. The molecule has 0 spiro atoms. The van der Waals surface area contributed by atoms with E-state index in [1.807, 2.05) is 27.7 Å². The van der Waals surface area contributed by atoms with E-state index in [-0.39, 0.29) is 16.9 Å². The average Bonchev–Trinajstić information content (AvgIpc) is 2.97. The molecule has 256 valence electrons. The Balaban J connectivity index is 0.000000771. The van der Waals surface area contributed by atoms with E-state index < -0.39 is 28.1 Å². The topological polar surface area (TPSA) is 172 Å². The number of ether oxygens (including phenoxy) is 2. The quantitative estimate of drug-likeness (QED) is 0.263. The van der Waals surface area contributed by atoms with Crippen molar-refractivity contribution in [2.45, 2.75) is 39.3 Å². The monoisotopic (exact) mass is 682 g/mol. The number of alkyl halides is 3. The molecule has 1 aliphatic rings. The Kier molecular flexibility index (Phi) is 11.6. The van der Waals surface area contributed by atoms with Gasteiger partial charge in [-0.15, -0.1) is 0 Å². The summed E-state index contributed by atoms with van der Waals surface area (Å²) in [7, 11) is -2.18. The minimum atomic E-state index is -5.08. The number of anilines is 3. The number of piperazine rings is 1. The number of hydrogen-bond acceptors (Lipinski definition) is 10. The van der Waals surface area contributed by atoms with Crippen molar-refractivity contribution in [2.75, 3.05) is 54.5 Å². The zero-order valence-electron chi connectivity index (χ0n) is 26.7. The molecule has 1 aromatic heterocycles. The Morgan fingerprint density at radius 3 is 2.21 bits per heavy atom. The number of hydrogen-bond donors (Lipinski definition) is 4.